The zero-order chi connectivity index (χ0) is 16.8. The van der Waals surface area contributed by atoms with E-state index in [1.807, 2.05) is 60.7 Å². The fraction of sp³-hybridized carbons (Fsp3) is 0.100. The van der Waals surface area contributed by atoms with Crippen LogP contribution in [0.25, 0.3) is 0 Å². The van der Waals surface area contributed by atoms with Crippen LogP contribution < -0.4 is 10.2 Å². The van der Waals surface area contributed by atoms with E-state index >= 15 is 0 Å². The van der Waals surface area contributed by atoms with Gasteiger partial charge in [-0.25, -0.2) is 0 Å². The lowest BCUT2D eigenvalue weighted by Gasteiger charge is -2.13. The molecule has 0 aliphatic rings. The number of pyridine rings is 1. The summed E-state index contributed by atoms with van der Waals surface area (Å²) >= 11 is 0. The minimum absolute atomic E-state index is 0.236. The first-order valence-corrected chi connectivity index (χ1v) is 7.66. The van der Waals surface area contributed by atoms with Crippen LogP contribution in [0.15, 0.2) is 77.7 Å². The molecule has 0 saturated carbocycles. The average Bonchev–Trinajstić information content (AvgIpc) is 2.63. The Hall–Kier alpha value is -3.14. The van der Waals surface area contributed by atoms with Crippen LogP contribution >= 0.6 is 0 Å². The van der Waals surface area contributed by atoms with Crippen molar-refractivity contribution in [3.05, 3.63) is 100.0 Å². The lowest BCUT2D eigenvalue weighted by atomic mass is 10.2. The highest BCUT2D eigenvalue weighted by Gasteiger charge is 2.08. The number of carbonyl (C=O) groups is 1. The number of aldehydes is 1. The lowest BCUT2D eigenvalue weighted by molar-refractivity contribution is 0.111. The normalized spacial score (nSPS) is 10.3. The minimum atomic E-state index is -0.294. The Labute approximate surface area is 140 Å². The zero-order valence-electron chi connectivity index (χ0n) is 13.1. The summed E-state index contributed by atoms with van der Waals surface area (Å²) in [5, 5.41) is 0. The number of benzene rings is 2. The first-order valence-electron chi connectivity index (χ1n) is 7.66. The van der Waals surface area contributed by atoms with Gasteiger partial charge in [-0.15, -0.1) is 0 Å². The largest absolute Gasteiger partial charge is 0.483 e. The maximum atomic E-state index is 12.1. The maximum absolute atomic E-state index is 12.1. The molecule has 4 heteroatoms. The number of nitrogens with zero attached hydrogens (tertiary/aromatic N) is 1. The van der Waals surface area contributed by atoms with E-state index in [-0.39, 0.29) is 11.2 Å². The highest BCUT2D eigenvalue weighted by Crippen LogP contribution is 2.11. The lowest BCUT2D eigenvalue weighted by Crippen LogP contribution is -2.15. The molecule has 24 heavy (non-hydrogen) atoms. The topological polar surface area (TPSA) is 48.3 Å². The summed E-state index contributed by atoms with van der Waals surface area (Å²) in [7, 11) is 0. The molecule has 0 saturated heterocycles. The second-order valence-electron chi connectivity index (χ2n) is 5.43. The smallest absolute Gasteiger partial charge is 0.224 e. The van der Waals surface area contributed by atoms with Gasteiger partial charge in [0.2, 0.25) is 5.43 Å². The Morgan fingerprint density at radius 3 is 2.17 bits per heavy atom. The fourth-order valence-electron chi connectivity index (χ4n) is 2.43. The van der Waals surface area contributed by atoms with Crippen molar-refractivity contribution in [3.8, 4) is 5.75 Å². The first-order chi connectivity index (χ1) is 11.8. The van der Waals surface area contributed by atoms with Gasteiger partial charge >= 0.3 is 0 Å². The molecule has 0 N–H and O–H groups in total. The third-order valence-electron chi connectivity index (χ3n) is 3.68. The molecule has 2 aromatic carbocycles. The fourth-order valence-corrected chi connectivity index (χ4v) is 2.43. The summed E-state index contributed by atoms with van der Waals surface area (Å²) in [4.78, 5) is 23.4. The van der Waals surface area contributed by atoms with Gasteiger partial charge in [0.15, 0.2) is 12.0 Å². The molecule has 0 atom stereocenters. The van der Waals surface area contributed by atoms with Crippen LogP contribution in [0.2, 0.25) is 0 Å². The third-order valence-corrected chi connectivity index (χ3v) is 3.68. The average molecular weight is 319 g/mol. The Bertz CT molecular complexity index is 870. The second kappa shape index (κ2) is 7.42. The zero-order valence-corrected chi connectivity index (χ0v) is 13.1. The summed E-state index contributed by atoms with van der Waals surface area (Å²) in [6.07, 6.45) is 2.29. The van der Waals surface area contributed by atoms with Gasteiger partial charge < -0.3 is 9.30 Å². The summed E-state index contributed by atoms with van der Waals surface area (Å²) in [5.41, 5.74) is 2.05. The van der Waals surface area contributed by atoms with Crippen molar-refractivity contribution >= 4 is 6.29 Å². The van der Waals surface area contributed by atoms with Crippen LogP contribution in [0.5, 0.6) is 5.75 Å². The summed E-state index contributed by atoms with van der Waals surface area (Å²) in [5.74, 6) is 0.236. The van der Waals surface area contributed by atoms with Crippen molar-refractivity contribution in [2.45, 2.75) is 13.2 Å². The molecule has 0 spiro atoms. The van der Waals surface area contributed by atoms with Gasteiger partial charge in [0.1, 0.15) is 6.61 Å². The van der Waals surface area contributed by atoms with Gasteiger partial charge in [0.25, 0.3) is 0 Å². The number of hydrogen-bond acceptors (Lipinski definition) is 3. The molecule has 4 nitrogen and oxygen atoms in total. The summed E-state index contributed by atoms with van der Waals surface area (Å²) < 4.78 is 7.38. The van der Waals surface area contributed by atoms with Gasteiger partial charge in [-0.3, -0.25) is 9.59 Å². The highest BCUT2D eigenvalue weighted by molar-refractivity contribution is 5.72. The molecule has 0 bridgehead atoms. The monoisotopic (exact) mass is 319 g/mol. The Morgan fingerprint density at radius 2 is 1.54 bits per heavy atom. The van der Waals surface area contributed by atoms with Crippen LogP contribution in [0, 0.1) is 0 Å². The summed E-state index contributed by atoms with van der Waals surface area (Å²) in [6.45, 7) is 0.804. The molecular formula is C20H17NO3. The SMILES string of the molecule is O=Cc1cc(=O)c(OCc2ccccc2)cn1Cc1ccccc1. The van der Waals surface area contributed by atoms with Crippen molar-refractivity contribution in [2.75, 3.05) is 0 Å². The van der Waals surface area contributed by atoms with Crippen molar-refractivity contribution < 1.29 is 9.53 Å². The molecule has 1 aromatic heterocycles. The number of hydrogen-bond donors (Lipinski definition) is 0. The first kappa shape index (κ1) is 15.7. The number of ether oxygens (including phenoxy) is 1. The highest BCUT2D eigenvalue weighted by atomic mass is 16.5. The van der Waals surface area contributed by atoms with Crippen LogP contribution in [-0.2, 0) is 13.2 Å². The van der Waals surface area contributed by atoms with Crippen molar-refractivity contribution in [2.24, 2.45) is 0 Å². The van der Waals surface area contributed by atoms with E-state index in [2.05, 4.69) is 0 Å². The van der Waals surface area contributed by atoms with E-state index in [9.17, 15) is 9.59 Å². The minimum Gasteiger partial charge on any atom is -0.483 e. The molecule has 120 valence electrons. The Morgan fingerprint density at radius 1 is 0.917 bits per heavy atom. The van der Waals surface area contributed by atoms with Crippen LogP contribution in [0.1, 0.15) is 21.6 Å². The molecule has 0 amide bonds. The van der Waals surface area contributed by atoms with E-state index in [0.29, 0.717) is 25.1 Å². The predicted molar refractivity (Wildman–Crippen MR) is 92.4 cm³/mol. The predicted octanol–water partition coefficient (Wildman–Crippen LogP) is 3.29. The molecule has 0 aliphatic heterocycles. The van der Waals surface area contributed by atoms with E-state index in [1.165, 1.54) is 6.07 Å². The van der Waals surface area contributed by atoms with E-state index in [1.54, 1.807) is 10.8 Å². The van der Waals surface area contributed by atoms with Crippen molar-refractivity contribution in [1.82, 2.24) is 4.57 Å². The van der Waals surface area contributed by atoms with Crippen LogP contribution in [0.3, 0.4) is 0 Å². The maximum Gasteiger partial charge on any atom is 0.224 e. The van der Waals surface area contributed by atoms with E-state index in [4.69, 9.17) is 4.74 Å². The van der Waals surface area contributed by atoms with Gasteiger partial charge in [-0.2, -0.15) is 0 Å². The number of rotatable bonds is 6. The van der Waals surface area contributed by atoms with E-state index < -0.39 is 0 Å². The number of aromatic nitrogens is 1. The Kier molecular flexibility index (Phi) is 4.87. The quantitative estimate of drug-likeness (QED) is 0.655. The molecule has 0 radical (unpaired) electrons. The molecule has 0 fully saturated rings. The summed E-state index contributed by atoms with van der Waals surface area (Å²) in [6, 6.07) is 20.7. The van der Waals surface area contributed by atoms with Crippen LogP contribution in [-0.4, -0.2) is 10.9 Å². The number of carbonyl (C=O) groups excluding carboxylic acids is 1. The van der Waals surface area contributed by atoms with Gasteiger partial charge in [0.05, 0.1) is 11.9 Å². The molecule has 0 aliphatic carbocycles. The van der Waals surface area contributed by atoms with Gasteiger partial charge in [-0.05, 0) is 11.1 Å². The van der Waals surface area contributed by atoms with Crippen molar-refractivity contribution in [1.29, 1.82) is 0 Å². The Balaban J connectivity index is 1.85. The van der Waals surface area contributed by atoms with Gasteiger partial charge in [-0.1, -0.05) is 60.7 Å². The molecule has 3 rings (SSSR count). The van der Waals surface area contributed by atoms with Crippen molar-refractivity contribution in [3.63, 3.8) is 0 Å². The molecule has 3 aromatic rings. The molecular weight excluding hydrogens is 302 g/mol. The standard InChI is InChI=1S/C20H17NO3/c22-14-18-11-19(23)20(24-15-17-9-5-2-6-10-17)13-21(18)12-16-7-3-1-4-8-16/h1-11,13-14H,12,15H2. The third kappa shape index (κ3) is 3.79. The van der Waals surface area contributed by atoms with E-state index in [0.717, 1.165) is 11.1 Å². The molecule has 0 unspecified atom stereocenters. The second-order valence-corrected chi connectivity index (χ2v) is 5.43. The molecule has 1 heterocycles. The van der Waals surface area contributed by atoms with Crippen LogP contribution in [0.4, 0.5) is 0 Å². The van der Waals surface area contributed by atoms with Gasteiger partial charge in [0, 0.05) is 12.6 Å².